The number of aryl methyl sites for hydroxylation is 1. The van der Waals surface area contributed by atoms with Gasteiger partial charge < -0.3 is 18.6 Å². The summed E-state index contributed by atoms with van der Waals surface area (Å²) >= 11 is 0. The van der Waals surface area contributed by atoms with Gasteiger partial charge in [-0.25, -0.2) is 0 Å². The molecule has 2 heterocycles. The van der Waals surface area contributed by atoms with E-state index in [0.717, 1.165) is 16.8 Å². The summed E-state index contributed by atoms with van der Waals surface area (Å²) in [6.07, 6.45) is 2.30. The van der Waals surface area contributed by atoms with Crippen LogP contribution in [0.5, 0.6) is 11.5 Å². The maximum atomic E-state index is 14.2. The smallest absolute Gasteiger partial charge is 0.310 e. The van der Waals surface area contributed by atoms with E-state index in [0.29, 0.717) is 52.4 Å². The van der Waals surface area contributed by atoms with Gasteiger partial charge in [-0.2, -0.15) is 4.39 Å². The molecule has 0 fully saturated rings. The minimum atomic E-state index is -1.00. The normalized spacial score (nSPS) is 12.3. The first-order chi connectivity index (χ1) is 19.1. The van der Waals surface area contributed by atoms with Crippen LogP contribution in [0.25, 0.3) is 22.1 Å². The second-order valence-corrected chi connectivity index (χ2v) is 12.6. The van der Waals surface area contributed by atoms with Crippen LogP contribution in [-0.4, -0.2) is 39.4 Å². The summed E-state index contributed by atoms with van der Waals surface area (Å²) in [5.74, 6) is 1.22. The van der Waals surface area contributed by atoms with Gasteiger partial charge in [0.25, 0.3) is 6.01 Å². The standard InChI is InChI=1S/C31H34FNO6S/c1-6-37-29(34)17-22-7-8-25(36-5)18-27(22)38-19-20-13-23-16-28(32)39-30(23)26(14-20)21-9-11-33-24(15-21)10-12-40(35)31(2,3)4/h7-9,11,13-16,18H,6,10,12,17,19H2,1-5H3/t40-/m1/s1. The number of esters is 1. The number of hydrogen-bond acceptors (Lipinski definition) is 7. The molecule has 1 atom stereocenters. The molecule has 0 spiro atoms. The van der Waals surface area contributed by atoms with Crippen LogP contribution in [-0.2, 0) is 39.8 Å². The van der Waals surface area contributed by atoms with Gasteiger partial charge in [0.2, 0.25) is 0 Å². The first-order valence-corrected chi connectivity index (χ1v) is 14.4. The van der Waals surface area contributed by atoms with Gasteiger partial charge in [-0.05, 0) is 69.2 Å². The Bertz CT molecular complexity index is 1520. The van der Waals surface area contributed by atoms with Gasteiger partial charge in [0, 0.05) is 68.3 Å². The first kappa shape index (κ1) is 29.3. The van der Waals surface area contributed by atoms with Crippen molar-refractivity contribution < 1.29 is 32.0 Å². The highest BCUT2D eigenvalue weighted by Gasteiger charge is 2.20. The van der Waals surface area contributed by atoms with Crippen LogP contribution < -0.4 is 9.47 Å². The van der Waals surface area contributed by atoms with E-state index in [4.69, 9.17) is 18.6 Å². The number of ether oxygens (including phenoxy) is 3. The molecule has 4 aromatic rings. The summed E-state index contributed by atoms with van der Waals surface area (Å²) in [7, 11) is 0.552. The van der Waals surface area contributed by atoms with Crippen molar-refractivity contribution in [2.75, 3.05) is 19.5 Å². The zero-order valence-corrected chi connectivity index (χ0v) is 24.2. The third-order valence-electron chi connectivity index (χ3n) is 6.31. The number of fused-ring (bicyclic) bond motifs is 1. The third kappa shape index (κ3) is 7.27. The molecule has 0 N–H and O–H groups in total. The fourth-order valence-corrected chi connectivity index (χ4v) is 5.25. The Labute approximate surface area is 236 Å². The molecular formula is C31H34FNO6S. The number of carbonyl (C=O) groups excluding carboxylic acids is 1. The molecule has 2 aromatic heterocycles. The summed E-state index contributed by atoms with van der Waals surface area (Å²) < 4.78 is 48.5. The summed E-state index contributed by atoms with van der Waals surface area (Å²) in [5.41, 5.74) is 4.15. The molecule has 7 nitrogen and oxygen atoms in total. The number of halogens is 1. The monoisotopic (exact) mass is 567 g/mol. The van der Waals surface area contributed by atoms with Gasteiger partial charge in [-0.1, -0.05) is 6.07 Å². The molecule has 212 valence electrons. The molecule has 4 rings (SSSR count). The lowest BCUT2D eigenvalue weighted by atomic mass is 10.0. The van der Waals surface area contributed by atoms with E-state index >= 15 is 0 Å². The number of benzene rings is 2. The van der Waals surface area contributed by atoms with Crippen LogP contribution in [0.3, 0.4) is 0 Å². The van der Waals surface area contributed by atoms with Gasteiger partial charge in [-0.15, -0.1) is 0 Å². The van der Waals surface area contributed by atoms with E-state index in [-0.39, 0.29) is 23.7 Å². The second-order valence-electron chi connectivity index (χ2n) is 10.3. The summed E-state index contributed by atoms with van der Waals surface area (Å²) in [6.45, 7) is 8.06. The topological polar surface area (TPSA) is 87.9 Å². The van der Waals surface area contributed by atoms with Crippen molar-refractivity contribution in [2.45, 2.75) is 51.9 Å². The van der Waals surface area contributed by atoms with Crippen molar-refractivity contribution in [3.8, 4) is 22.6 Å². The molecule has 0 saturated carbocycles. The average Bonchev–Trinajstić information content (AvgIpc) is 3.30. The lowest BCUT2D eigenvalue weighted by molar-refractivity contribution is -0.142. The van der Waals surface area contributed by atoms with Gasteiger partial charge in [-0.3, -0.25) is 14.0 Å². The fraction of sp³-hybridized carbons (Fsp3) is 0.355. The van der Waals surface area contributed by atoms with Crippen LogP contribution in [0.4, 0.5) is 4.39 Å². The summed E-state index contributed by atoms with van der Waals surface area (Å²) in [6, 6.07) is 13.4. The van der Waals surface area contributed by atoms with E-state index in [9.17, 15) is 13.4 Å². The molecule has 2 aromatic carbocycles. The summed E-state index contributed by atoms with van der Waals surface area (Å²) in [4.78, 5) is 16.6. The highest BCUT2D eigenvalue weighted by Crippen LogP contribution is 2.34. The number of furan rings is 1. The maximum absolute atomic E-state index is 14.2. The second kappa shape index (κ2) is 12.6. The average molecular weight is 568 g/mol. The van der Waals surface area contributed by atoms with Crippen LogP contribution in [0, 0.1) is 6.01 Å². The lowest BCUT2D eigenvalue weighted by Gasteiger charge is -2.17. The minimum absolute atomic E-state index is 0.0597. The zero-order valence-electron chi connectivity index (χ0n) is 23.4. The Hall–Kier alpha value is -3.72. The van der Waals surface area contributed by atoms with E-state index in [1.807, 2.05) is 45.0 Å². The van der Waals surface area contributed by atoms with E-state index < -0.39 is 16.8 Å². The predicted molar refractivity (Wildman–Crippen MR) is 154 cm³/mol. The first-order valence-electron chi connectivity index (χ1n) is 13.1. The Morgan fingerprint density at radius 3 is 2.62 bits per heavy atom. The van der Waals surface area contributed by atoms with Crippen LogP contribution >= 0.6 is 0 Å². The summed E-state index contributed by atoms with van der Waals surface area (Å²) in [5, 5.41) is 0.596. The molecule has 40 heavy (non-hydrogen) atoms. The number of aromatic nitrogens is 1. The van der Waals surface area contributed by atoms with Crippen molar-refractivity contribution in [3.63, 3.8) is 0 Å². The molecule has 0 bridgehead atoms. The molecule has 0 unspecified atom stereocenters. The van der Waals surface area contributed by atoms with Crippen LogP contribution in [0.15, 0.2) is 59.1 Å². The number of pyridine rings is 1. The van der Waals surface area contributed by atoms with E-state index in [1.165, 1.54) is 6.07 Å². The van der Waals surface area contributed by atoms with Gasteiger partial charge in [0.15, 0.2) is 0 Å². The molecule has 0 aliphatic heterocycles. The Kier molecular flexibility index (Phi) is 9.25. The van der Waals surface area contributed by atoms with Crippen molar-refractivity contribution >= 4 is 27.7 Å². The molecule has 9 heteroatoms. The Morgan fingerprint density at radius 1 is 1.10 bits per heavy atom. The van der Waals surface area contributed by atoms with Gasteiger partial charge >= 0.3 is 5.97 Å². The number of rotatable bonds is 11. The molecule has 0 amide bonds. The quantitative estimate of drug-likeness (QED) is 0.193. The number of nitrogens with zero attached hydrogens (tertiary/aromatic N) is 1. The van der Waals surface area contributed by atoms with Crippen molar-refractivity contribution in [1.29, 1.82) is 0 Å². The van der Waals surface area contributed by atoms with E-state index in [1.54, 1.807) is 38.4 Å². The maximum Gasteiger partial charge on any atom is 0.310 e. The van der Waals surface area contributed by atoms with Crippen molar-refractivity contribution in [2.24, 2.45) is 0 Å². The molecule has 0 aliphatic carbocycles. The van der Waals surface area contributed by atoms with Crippen LogP contribution in [0.1, 0.15) is 44.5 Å². The van der Waals surface area contributed by atoms with Crippen molar-refractivity contribution in [3.05, 3.63) is 77.6 Å². The predicted octanol–water partition coefficient (Wildman–Crippen LogP) is 6.42. The third-order valence-corrected chi connectivity index (χ3v) is 8.25. The van der Waals surface area contributed by atoms with E-state index in [2.05, 4.69) is 4.98 Å². The van der Waals surface area contributed by atoms with Gasteiger partial charge in [0.1, 0.15) is 23.7 Å². The highest BCUT2D eigenvalue weighted by atomic mass is 32.2. The molecular weight excluding hydrogens is 533 g/mol. The number of hydrogen-bond donors (Lipinski definition) is 0. The lowest BCUT2D eigenvalue weighted by Crippen LogP contribution is -2.25. The number of carbonyl (C=O) groups is 1. The molecule has 0 saturated heterocycles. The zero-order chi connectivity index (χ0) is 28.9. The van der Waals surface area contributed by atoms with Crippen molar-refractivity contribution in [1.82, 2.24) is 4.98 Å². The minimum Gasteiger partial charge on any atom is -0.497 e. The fourth-order valence-electron chi connectivity index (χ4n) is 4.24. The number of methoxy groups -OCH3 is 1. The van der Waals surface area contributed by atoms with Gasteiger partial charge in [0.05, 0.1) is 20.1 Å². The Balaban J connectivity index is 1.63. The van der Waals surface area contributed by atoms with Crippen LogP contribution in [0.2, 0.25) is 0 Å². The molecule has 0 aliphatic rings. The molecule has 0 radical (unpaired) electrons. The largest absolute Gasteiger partial charge is 0.497 e. The SMILES string of the molecule is CCOC(=O)Cc1ccc(OC)cc1OCc1cc(-c2ccnc(CC[S@@](=O)C(C)(C)C)c2)c2oc(F)cc2c1. The Morgan fingerprint density at radius 2 is 1.90 bits per heavy atom. The highest BCUT2D eigenvalue weighted by molar-refractivity contribution is 7.86.